The van der Waals surface area contributed by atoms with Gasteiger partial charge in [-0.05, 0) is 31.4 Å². The minimum atomic E-state index is -0.327. The maximum Gasteiger partial charge on any atom is 0.256 e. The fourth-order valence-electron chi connectivity index (χ4n) is 3.45. The summed E-state index contributed by atoms with van der Waals surface area (Å²) in [5.41, 5.74) is 0.897. The van der Waals surface area contributed by atoms with Crippen molar-refractivity contribution < 1.29 is 19.0 Å². The zero-order valence-electron chi connectivity index (χ0n) is 18.2. The van der Waals surface area contributed by atoms with Crippen molar-refractivity contribution in [3.63, 3.8) is 0 Å². The first-order valence-corrected chi connectivity index (χ1v) is 9.89. The first-order chi connectivity index (χ1) is 14.5. The minimum Gasteiger partial charge on any atom is -0.493 e. The second kappa shape index (κ2) is 9.51. The summed E-state index contributed by atoms with van der Waals surface area (Å²) in [6.45, 7) is 1.90. The summed E-state index contributed by atoms with van der Waals surface area (Å²) >= 11 is 0. The van der Waals surface area contributed by atoms with Crippen molar-refractivity contribution in [2.45, 2.75) is 19.3 Å². The highest BCUT2D eigenvalue weighted by atomic mass is 16.5. The third-order valence-electron chi connectivity index (χ3n) is 4.99. The molecule has 1 N–H and O–H groups in total. The van der Waals surface area contributed by atoms with Crippen LogP contribution < -0.4 is 29.3 Å². The maximum atomic E-state index is 13.0. The Balaban J connectivity index is 1.89. The summed E-state index contributed by atoms with van der Waals surface area (Å²) in [4.78, 5) is 26.2. The Morgan fingerprint density at radius 1 is 1.03 bits per heavy atom. The summed E-state index contributed by atoms with van der Waals surface area (Å²) in [5, 5.41) is 2.90. The molecular formula is C21H29N5O4. The molecule has 3 rings (SSSR count). The number of carbonyl (C=O) groups excluding carboxylic acids is 1. The molecule has 0 radical (unpaired) electrons. The average Bonchev–Trinajstić information content (AvgIpc) is 2.78. The number of amides is 1. The third kappa shape index (κ3) is 4.50. The molecule has 1 aromatic carbocycles. The number of rotatable bonds is 7. The van der Waals surface area contributed by atoms with Gasteiger partial charge in [-0.15, -0.1) is 0 Å². The number of nitrogens with one attached hydrogen (secondary N) is 1. The normalized spacial score (nSPS) is 13.6. The maximum absolute atomic E-state index is 13.0. The van der Waals surface area contributed by atoms with E-state index in [0.717, 1.165) is 25.9 Å². The lowest BCUT2D eigenvalue weighted by atomic mass is 10.1. The van der Waals surface area contributed by atoms with Crippen LogP contribution in [0.4, 0.5) is 17.5 Å². The fraction of sp³-hybridized carbons (Fsp3) is 0.476. The van der Waals surface area contributed by atoms with E-state index < -0.39 is 0 Å². The van der Waals surface area contributed by atoms with Crippen molar-refractivity contribution in [1.82, 2.24) is 9.97 Å². The van der Waals surface area contributed by atoms with Gasteiger partial charge in [-0.25, -0.2) is 4.98 Å². The number of benzene rings is 1. The first kappa shape index (κ1) is 21.5. The van der Waals surface area contributed by atoms with E-state index >= 15 is 0 Å². The molecule has 30 heavy (non-hydrogen) atoms. The van der Waals surface area contributed by atoms with E-state index in [4.69, 9.17) is 19.2 Å². The number of aromatic nitrogens is 2. The van der Waals surface area contributed by atoms with Gasteiger partial charge in [0.2, 0.25) is 11.7 Å². The number of carbonyl (C=O) groups is 1. The SMILES string of the molecule is COc1cc(C(=O)Nc2cnc(N3CCCCC3)nc2N(C)C)cc(OC)c1OC. The van der Waals surface area contributed by atoms with Crippen LogP contribution in [0.1, 0.15) is 29.6 Å². The average molecular weight is 415 g/mol. The second-order valence-corrected chi connectivity index (χ2v) is 7.22. The van der Waals surface area contributed by atoms with Gasteiger partial charge >= 0.3 is 0 Å². The minimum absolute atomic E-state index is 0.327. The van der Waals surface area contributed by atoms with E-state index in [9.17, 15) is 4.79 Å². The number of piperidine rings is 1. The van der Waals surface area contributed by atoms with Crippen molar-refractivity contribution in [2.75, 3.05) is 63.6 Å². The monoisotopic (exact) mass is 415 g/mol. The van der Waals surface area contributed by atoms with Crippen molar-refractivity contribution in [3.8, 4) is 17.2 Å². The predicted molar refractivity (Wildman–Crippen MR) is 116 cm³/mol. The molecule has 1 amide bonds. The van der Waals surface area contributed by atoms with Crippen LogP contribution >= 0.6 is 0 Å². The smallest absolute Gasteiger partial charge is 0.256 e. The summed E-state index contributed by atoms with van der Waals surface area (Å²) in [5.74, 6) is 2.25. The zero-order chi connectivity index (χ0) is 21.7. The molecule has 0 aliphatic carbocycles. The van der Waals surface area contributed by atoms with E-state index in [-0.39, 0.29) is 5.91 Å². The zero-order valence-corrected chi connectivity index (χ0v) is 18.2. The number of anilines is 3. The number of hydrogen-bond acceptors (Lipinski definition) is 8. The van der Waals surface area contributed by atoms with Gasteiger partial charge in [-0.3, -0.25) is 4.79 Å². The Morgan fingerprint density at radius 3 is 2.20 bits per heavy atom. The van der Waals surface area contributed by atoms with Crippen LogP contribution in [-0.2, 0) is 0 Å². The Morgan fingerprint density at radius 2 is 1.67 bits per heavy atom. The Kier molecular flexibility index (Phi) is 6.81. The lowest BCUT2D eigenvalue weighted by Gasteiger charge is -2.28. The van der Waals surface area contributed by atoms with Gasteiger partial charge < -0.3 is 29.3 Å². The van der Waals surface area contributed by atoms with E-state index in [1.165, 1.54) is 27.8 Å². The Bertz CT molecular complexity index is 872. The van der Waals surface area contributed by atoms with Gasteiger partial charge in [0.25, 0.3) is 5.91 Å². The van der Waals surface area contributed by atoms with Crippen LogP contribution in [0, 0.1) is 0 Å². The molecule has 1 aromatic heterocycles. The summed E-state index contributed by atoms with van der Waals surface area (Å²) in [7, 11) is 8.31. The molecule has 0 saturated carbocycles. The topological polar surface area (TPSA) is 89.0 Å². The Hall–Kier alpha value is -3.23. The second-order valence-electron chi connectivity index (χ2n) is 7.22. The summed E-state index contributed by atoms with van der Waals surface area (Å²) in [6.07, 6.45) is 5.17. The largest absolute Gasteiger partial charge is 0.493 e. The fourth-order valence-corrected chi connectivity index (χ4v) is 3.45. The first-order valence-electron chi connectivity index (χ1n) is 9.89. The molecule has 1 saturated heterocycles. The highest BCUT2D eigenvalue weighted by Gasteiger charge is 2.20. The lowest BCUT2D eigenvalue weighted by Crippen LogP contribution is -2.31. The standard InChI is InChI=1S/C21H29N5O4/c1-25(2)19-15(13-22-21(24-19)26-9-7-6-8-10-26)23-20(27)14-11-16(28-3)18(30-5)17(12-14)29-4/h11-13H,6-10H2,1-5H3,(H,23,27). The third-order valence-corrected chi connectivity index (χ3v) is 4.99. The number of hydrogen-bond donors (Lipinski definition) is 1. The quantitative estimate of drug-likeness (QED) is 0.739. The number of methoxy groups -OCH3 is 3. The molecule has 1 aliphatic rings. The van der Waals surface area contributed by atoms with Crippen LogP contribution in [0.3, 0.4) is 0 Å². The molecule has 1 aliphatic heterocycles. The lowest BCUT2D eigenvalue weighted by molar-refractivity contribution is 0.102. The van der Waals surface area contributed by atoms with Gasteiger partial charge in [0.05, 0.1) is 27.5 Å². The molecular weight excluding hydrogens is 386 g/mol. The van der Waals surface area contributed by atoms with Crippen molar-refractivity contribution >= 4 is 23.4 Å². The van der Waals surface area contributed by atoms with E-state index in [2.05, 4.69) is 15.2 Å². The molecule has 0 bridgehead atoms. The van der Waals surface area contributed by atoms with Crippen LogP contribution in [0.5, 0.6) is 17.2 Å². The van der Waals surface area contributed by atoms with E-state index in [1.807, 2.05) is 19.0 Å². The number of ether oxygens (including phenoxy) is 3. The van der Waals surface area contributed by atoms with Crippen molar-refractivity contribution in [1.29, 1.82) is 0 Å². The molecule has 0 unspecified atom stereocenters. The van der Waals surface area contributed by atoms with Gasteiger partial charge in [-0.1, -0.05) is 0 Å². The van der Waals surface area contributed by atoms with Crippen LogP contribution in [0.15, 0.2) is 18.3 Å². The van der Waals surface area contributed by atoms with Crippen molar-refractivity contribution in [3.05, 3.63) is 23.9 Å². The van der Waals surface area contributed by atoms with Crippen molar-refractivity contribution in [2.24, 2.45) is 0 Å². The van der Waals surface area contributed by atoms with Crippen LogP contribution in [0.25, 0.3) is 0 Å². The van der Waals surface area contributed by atoms with E-state index in [1.54, 1.807) is 18.3 Å². The molecule has 2 aromatic rings. The summed E-state index contributed by atoms with van der Waals surface area (Å²) < 4.78 is 16.0. The molecule has 2 heterocycles. The molecule has 0 spiro atoms. The molecule has 0 atom stereocenters. The van der Waals surface area contributed by atoms with Gasteiger partial charge in [0.15, 0.2) is 17.3 Å². The van der Waals surface area contributed by atoms with Gasteiger partial charge in [0.1, 0.15) is 5.69 Å². The van der Waals surface area contributed by atoms with E-state index in [0.29, 0.717) is 40.3 Å². The van der Waals surface area contributed by atoms with Gasteiger partial charge in [0, 0.05) is 32.7 Å². The number of nitrogens with zero attached hydrogens (tertiary/aromatic N) is 4. The predicted octanol–water partition coefficient (Wildman–Crippen LogP) is 2.81. The van der Waals surface area contributed by atoms with Crippen LogP contribution in [0.2, 0.25) is 0 Å². The molecule has 1 fully saturated rings. The molecule has 9 heteroatoms. The van der Waals surface area contributed by atoms with Gasteiger partial charge in [-0.2, -0.15) is 4.98 Å². The highest BCUT2D eigenvalue weighted by molar-refractivity contribution is 6.06. The molecule has 162 valence electrons. The Labute approximate surface area is 177 Å². The summed E-state index contributed by atoms with van der Waals surface area (Å²) in [6, 6.07) is 3.21. The molecule has 9 nitrogen and oxygen atoms in total. The highest BCUT2D eigenvalue weighted by Crippen LogP contribution is 2.38. The van der Waals surface area contributed by atoms with Crippen LogP contribution in [-0.4, -0.2) is 64.4 Å².